The quantitative estimate of drug-likeness (QED) is 0.761. The van der Waals surface area contributed by atoms with Crippen molar-refractivity contribution in [3.8, 4) is 0 Å². The van der Waals surface area contributed by atoms with Crippen molar-refractivity contribution in [2.45, 2.75) is 26.7 Å². The fourth-order valence-corrected chi connectivity index (χ4v) is 2.34. The van der Waals surface area contributed by atoms with Gasteiger partial charge in [0.15, 0.2) is 0 Å². The zero-order valence-electron chi connectivity index (χ0n) is 11.3. The molecular formula is C17H21N. The molecule has 1 N–H and O–H groups in total. The third kappa shape index (κ3) is 2.73. The Hall–Kier alpha value is -1.76. The van der Waals surface area contributed by atoms with Gasteiger partial charge in [-0.15, -0.1) is 0 Å². The zero-order valence-corrected chi connectivity index (χ0v) is 11.3. The van der Waals surface area contributed by atoms with Crippen molar-refractivity contribution in [1.29, 1.82) is 0 Å². The second kappa shape index (κ2) is 5.72. The molecule has 2 rings (SSSR count). The van der Waals surface area contributed by atoms with E-state index in [2.05, 4.69) is 50.0 Å². The molecule has 94 valence electrons. The number of nitrogens with one attached hydrogen (secondary N) is 1. The van der Waals surface area contributed by atoms with Crippen LogP contribution in [0.1, 0.15) is 31.4 Å². The average Bonchev–Trinajstić information content (AvgIpc) is 2.38. The Bertz CT molecular complexity index is 502. The van der Waals surface area contributed by atoms with Crippen LogP contribution in [0.4, 0.5) is 5.69 Å². The summed E-state index contributed by atoms with van der Waals surface area (Å²) in [5.41, 5.74) is 6.62. The van der Waals surface area contributed by atoms with E-state index in [-0.39, 0.29) is 0 Å². The van der Waals surface area contributed by atoms with Crippen molar-refractivity contribution >= 4 is 11.3 Å². The van der Waals surface area contributed by atoms with Gasteiger partial charge in [0.25, 0.3) is 0 Å². The van der Waals surface area contributed by atoms with Gasteiger partial charge in [-0.05, 0) is 49.5 Å². The predicted molar refractivity (Wildman–Crippen MR) is 80.9 cm³/mol. The van der Waals surface area contributed by atoms with Gasteiger partial charge in [0.1, 0.15) is 0 Å². The summed E-state index contributed by atoms with van der Waals surface area (Å²) in [7, 11) is 0. The highest BCUT2D eigenvalue weighted by Gasteiger charge is 2.10. The maximum Gasteiger partial charge on any atom is 0.0378 e. The zero-order chi connectivity index (χ0) is 13.0. The van der Waals surface area contributed by atoms with E-state index in [1.165, 1.54) is 40.8 Å². The van der Waals surface area contributed by atoms with Crippen LogP contribution < -0.4 is 5.32 Å². The lowest BCUT2D eigenvalue weighted by Gasteiger charge is -2.19. The van der Waals surface area contributed by atoms with Gasteiger partial charge in [-0.1, -0.05) is 42.5 Å². The molecule has 0 amide bonds. The largest absolute Gasteiger partial charge is 0.385 e. The second-order valence-electron chi connectivity index (χ2n) is 4.91. The van der Waals surface area contributed by atoms with Crippen molar-refractivity contribution in [3.05, 3.63) is 59.7 Å². The van der Waals surface area contributed by atoms with Crippen molar-refractivity contribution in [2.75, 3.05) is 11.9 Å². The van der Waals surface area contributed by atoms with Crippen LogP contribution in [0.2, 0.25) is 0 Å². The Morgan fingerprint density at radius 3 is 2.89 bits per heavy atom. The minimum absolute atomic E-state index is 1.09. The third-order valence-corrected chi connectivity index (χ3v) is 3.30. The number of hydrogen-bond donors (Lipinski definition) is 1. The summed E-state index contributed by atoms with van der Waals surface area (Å²) in [6.07, 6.45) is 8.37. The molecule has 18 heavy (non-hydrogen) atoms. The highest BCUT2D eigenvalue weighted by molar-refractivity contribution is 5.79. The van der Waals surface area contributed by atoms with Crippen LogP contribution in [0, 0.1) is 0 Å². The highest BCUT2D eigenvalue weighted by atomic mass is 14.9. The van der Waals surface area contributed by atoms with Gasteiger partial charge in [-0.2, -0.15) is 0 Å². The molecule has 0 saturated carbocycles. The monoisotopic (exact) mass is 239 g/mol. The van der Waals surface area contributed by atoms with Crippen LogP contribution in [0.25, 0.3) is 5.57 Å². The molecule has 1 heterocycles. The number of benzene rings is 1. The van der Waals surface area contributed by atoms with Crippen molar-refractivity contribution in [3.63, 3.8) is 0 Å². The van der Waals surface area contributed by atoms with Crippen molar-refractivity contribution < 1.29 is 0 Å². The van der Waals surface area contributed by atoms with Gasteiger partial charge in [0, 0.05) is 12.2 Å². The molecule has 0 bridgehead atoms. The lowest BCUT2D eigenvalue weighted by molar-refractivity contribution is 0.830. The molecule has 1 nitrogen and oxygen atoms in total. The summed E-state index contributed by atoms with van der Waals surface area (Å²) in [6.45, 7) is 9.12. The highest BCUT2D eigenvalue weighted by Crippen LogP contribution is 2.28. The Labute approximate surface area is 110 Å². The standard InChI is InChI=1S/C17H21N/c1-4-5-8-16(13(2)3)15-10-9-14-7-6-11-18-17(14)12-15/h4-5,8-10,12,18H,1,6-7,11H2,2-3H3/b8-5-. The maximum absolute atomic E-state index is 3.73. The molecule has 1 heteroatoms. The maximum atomic E-state index is 3.73. The lowest BCUT2D eigenvalue weighted by atomic mass is 9.95. The molecule has 0 aromatic heterocycles. The fourth-order valence-electron chi connectivity index (χ4n) is 2.34. The number of rotatable bonds is 3. The first-order chi connectivity index (χ1) is 8.72. The fraction of sp³-hybridized carbons (Fsp3) is 0.294. The molecule has 0 saturated heterocycles. The van der Waals surface area contributed by atoms with E-state index in [4.69, 9.17) is 0 Å². The van der Waals surface area contributed by atoms with Gasteiger partial charge in [0.2, 0.25) is 0 Å². The van der Waals surface area contributed by atoms with E-state index in [1.807, 2.05) is 12.2 Å². The van der Waals surface area contributed by atoms with E-state index in [0.717, 1.165) is 6.54 Å². The van der Waals surface area contributed by atoms with Gasteiger partial charge in [-0.25, -0.2) is 0 Å². The van der Waals surface area contributed by atoms with E-state index in [0.29, 0.717) is 0 Å². The minimum atomic E-state index is 1.09. The van der Waals surface area contributed by atoms with Crippen LogP contribution >= 0.6 is 0 Å². The number of hydrogen-bond acceptors (Lipinski definition) is 1. The van der Waals surface area contributed by atoms with Crippen molar-refractivity contribution in [2.24, 2.45) is 0 Å². The number of allylic oxidation sites excluding steroid dienone is 5. The summed E-state index contributed by atoms with van der Waals surface area (Å²) < 4.78 is 0. The lowest BCUT2D eigenvalue weighted by Crippen LogP contribution is -2.11. The van der Waals surface area contributed by atoms with E-state index in [9.17, 15) is 0 Å². The Morgan fingerprint density at radius 1 is 1.33 bits per heavy atom. The molecule has 1 aliphatic heterocycles. The number of fused-ring (bicyclic) bond motifs is 1. The summed E-state index contributed by atoms with van der Waals surface area (Å²) >= 11 is 0. The van der Waals surface area contributed by atoms with Crippen molar-refractivity contribution in [1.82, 2.24) is 0 Å². The summed E-state index contributed by atoms with van der Waals surface area (Å²) in [6, 6.07) is 6.74. The van der Waals surface area contributed by atoms with Crippen LogP contribution in [-0.4, -0.2) is 6.54 Å². The summed E-state index contributed by atoms with van der Waals surface area (Å²) in [5.74, 6) is 0. The smallest absolute Gasteiger partial charge is 0.0378 e. The van der Waals surface area contributed by atoms with Gasteiger partial charge in [-0.3, -0.25) is 0 Å². The van der Waals surface area contributed by atoms with E-state index >= 15 is 0 Å². The SMILES string of the molecule is C=C/C=C\C(=C(C)C)c1ccc2c(c1)NCCC2. The summed E-state index contributed by atoms with van der Waals surface area (Å²) in [5, 5.41) is 3.49. The first kappa shape index (κ1) is 12.7. The molecule has 0 unspecified atom stereocenters. The first-order valence-electron chi connectivity index (χ1n) is 6.56. The van der Waals surface area contributed by atoms with E-state index < -0.39 is 0 Å². The Morgan fingerprint density at radius 2 is 2.17 bits per heavy atom. The third-order valence-electron chi connectivity index (χ3n) is 3.30. The Balaban J connectivity index is 2.40. The first-order valence-corrected chi connectivity index (χ1v) is 6.56. The molecule has 1 aromatic carbocycles. The van der Waals surface area contributed by atoms with Crippen LogP contribution in [0.5, 0.6) is 0 Å². The molecule has 0 spiro atoms. The Kier molecular flexibility index (Phi) is 4.03. The molecule has 0 atom stereocenters. The summed E-state index contributed by atoms with van der Waals surface area (Å²) in [4.78, 5) is 0. The van der Waals surface area contributed by atoms with Gasteiger partial charge < -0.3 is 5.32 Å². The van der Waals surface area contributed by atoms with Crippen LogP contribution in [0.3, 0.4) is 0 Å². The topological polar surface area (TPSA) is 12.0 Å². The molecule has 0 aliphatic carbocycles. The van der Waals surface area contributed by atoms with Crippen LogP contribution in [-0.2, 0) is 6.42 Å². The molecule has 1 aliphatic rings. The predicted octanol–water partition coefficient (Wildman–Crippen LogP) is 4.58. The second-order valence-corrected chi connectivity index (χ2v) is 4.91. The minimum Gasteiger partial charge on any atom is -0.385 e. The van der Waals surface area contributed by atoms with Gasteiger partial charge in [0.05, 0.1) is 0 Å². The number of aryl methyl sites for hydroxylation is 1. The molecule has 0 radical (unpaired) electrons. The molecular weight excluding hydrogens is 218 g/mol. The number of anilines is 1. The molecule has 1 aromatic rings. The van der Waals surface area contributed by atoms with Gasteiger partial charge >= 0.3 is 0 Å². The molecule has 0 fully saturated rings. The normalized spacial score (nSPS) is 13.9. The average molecular weight is 239 g/mol. The van der Waals surface area contributed by atoms with E-state index in [1.54, 1.807) is 0 Å². The van der Waals surface area contributed by atoms with Crippen LogP contribution in [0.15, 0.2) is 48.6 Å².